The van der Waals surface area contributed by atoms with Gasteiger partial charge >= 0.3 is 5.97 Å². The maximum absolute atomic E-state index is 14.8. The van der Waals surface area contributed by atoms with Crippen molar-refractivity contribution in [1.82, 2.24) is 14.5 Å². The predicted molar refractivity (Wildman–Crippen MR) is 163 cm³/mol. The predicted octanol–water partition coefficient (Wildman–Crippen LogP) is 5.93. The molecule has 43 heavy (non-hydrogen) atoms. The molecule has 3 N–H and O–H groups in total. The first-order chi connectivity index (χ1) is 20.8. The molecule has 2 aliphatic rings. The number of piperidine rings is 1. The van der Waals surface area contributed by atoms with E-state index in [4.69, 9.17) is 31.8 Å². The van der Waals surface area contributed by atoms with Crippen LogP contribution < -0.4 is 15.2 Å². The number of fused-ring (bicyclic) bond motifs is 2. The lowest BCUT2D eigenvalue weighted by atomic mass is 9.88. The van der Waals surface area contributed by atoms with E-state index in [9.17, 15) is 14.3 Å². The van der Waals surface area contributed by atoms with E-state index in [0.29, 0.717) is 41.7 Å². The first-order valence-electron chi connectivity index (χ1n) is 14.4. The van der Waals surface area contributed by atoms with E-state index < -0.39 is 17.6 Å². The maximum Gasteiger partial charge on any atom is 0.335 e. The SMILES string of the molecule is CC1(c2ccc(Cl)cc2F)Oc2cccc(C3CCN(Cc4nc5ccc(C(=O)O)cc5n4CCCN=CN)CC3)c2O1. The molecule has 6 rings (SSSR count). The average molecular weight is 606 g/mol. The van der Waals surface area contributed by atoms with Crippen LogP contribution in [0.5, 0.6) is 11.5 Å². The fourth-order valence-electron chi connectivity index (χ4n) is 6.11. The Morgan fingerprint density at radius 3 is 2.77 bits per heavy atom. The number of para-hydroxylation sites is 1. The molecular weight excluding hydrogens is 573 g/mol. The van der Waals surface area contributed by atoms with Crippen molar-refractivity contribution < 1.29 is 23.8 Å². The number of carbonyl (C=O) groups is 1. The Balaban J connectivity index is 1.17. The monoisotopic (exact) mass is 605 g/mol. The van der Waals surface area contributed by atoms with Crippen molar-refractivity contribution in [2.75, 3.05) is 19.6 Å². The van der Waals surface area contributed by atoms with E-state index in [1.165, 1.54) is 12.4 Å². The number of hydrogen-bond donors (Lipinski definition) is 2. The van der Waals surface area contributed by atoms with E-state index in [2.05, 4.69) is 20.5 Å². The van der Waals surface area contributed by atoms with Gasteiger partial charge in [0.15, 0.2) is 11.5 Å². The van der Waals surface area contributed by atoms with Gasteiger partial charge in [0.05, 0.1) is 35.0 Å². The summed E-state index contributed by atoms with van der Waals surface area (Å²) < 4.78 is 29.4. The van der Waals surface area contributed by atoms with E-state index in [0.717, 1.165) is 54.8 Å². The van der Waals surface area contributed by atoms with Crippen molar-refractivity contribution in [3.63, 3.8) is 0 Å². The van der Waals surface area contributed by atoms with Gasteiger partial charge in [0.1, 0.15) is 11.6 Å². The fraction of sp³-hybridized carbons (Fsp3) is 0.344. The first-order valence-corrected chi connectivity index (χ1v) is 14.7. The molecular formula is C32H33ClFN5O4. The van der Waals surface area contributed by atoms with Crippen LogP contribution in [0, 0.1) is 5.82 Å². The van der Waals surface area contributed by atoms with Crippen LogP contribution in [-0.4, -0.2) is 51.5 Å². The van der Waals surface area contributed by atoms with Gasteiger partial charge in [-0.1, -0.05) is 23.7 Å². The number of aryl methyl sites for hydroxylation is 1. The van der Waals surface area contributed by atoms with Crippen LogP contribution in [0.4, 0.5) is 4.39 Å². The normalized spacial score (nSPS) is 19.0. The first kappa shape index (κ1) is 28.9. The van der Waals surface area contributed by atoms with Crippen molar-refractivity contribution in [1.29, 1.82) is 0 Å². The Morgan fingerprint density at radius 1 is 1.21 bits per heavy atom. The second-order valence-corrected chi connectivity index (χ2v) is 11.5. The molecule has 1 atom stereocenters. The number of carboxylic acids is 1. The van der Waals surface area contributed by atoms with E-state index in [-0.39, 0.29) is 11.5 Å². The summed E-state index contributed by atoms with van der Waals surface area (Å²) in [5.74, 6) is -0.326. The summed E-state index contributed by atoms with van der Waals surface area (Å²) in [4.78, 5) is 23.0. The lowest BCUT2D eigenvalue weighted by Gasteiger charge is -2.32. The molecule has 11 heteroatoms. The molecule has 9 nitrogen and oxygen atoms in total. The summed E-state index contributed by atoms with van der Waals surface area (Å²) in [6.45, 7) is 5.29. The molecule has 0 amide bonds. The molecule has 0 bridgehead atoms. The number of likely N-dealkylation sites (tertiary alicyclic amines) is 1. The third-order valence-corrected chi connectivity index (χ3v) is 8.51. The molecule has 1 fully saturated rings. The molecule has 0 saturated carbocycles. The van der Waals surface area contributed by atoms with Crippen LogP contribution >= 0.6 is 11.6 Å². The smallest absolute Gasteiger partial charge is 0.335 e. The molecule has 2 aliphatic heterocycles. The van der Waals surface area contributed by atoms with Crippen LogP contribution in [0.1, 0.15) is 59.4 Å². The van der Waals surface area contributed by atoms with Crippen molar-refractivity contribution >= 4 is 34.9 Å². The largest absolute Gasteiger partial charge is 0.478 e. The summed E-state index contributed by atoms with van der Waals surface area (Å²) in [5, 5.41) is 9.84. The Hall–Kier alpha value is -4.15. The second-order valence-electron chi connectivity index (χ2n) is 11.1. The number of aliphatic imine (C=N–C) groups is 1. The standard InChI is InChI=1S/C32H33ClFN5O4/c1-32(24-8-7-22(33)17-25(24)34)42-28-5-2-4-23(30(28)43-32)20-10-14-38(15-11-20)18-29-37-26-9-6-21(31(40)41)16-27(26)39(29)13-3-12-36-19-35/h2,4-9,16-17,19-20H,3,10-15,18H2,1H3,(H2,35,36)(H,40,41). The third kappa shape index (κ3) is 5.77. The highest BCUT2D eigenvalue weighted by molar-refractivity contribution is 6.30. The zero-order valence-electron chi connectivity index (χ0n) is 23.8. The number of ether oxygens (including phenoxy) is 2. The van der Waals surface area contributed by atoms with Gasteiger partial charge in [0.25, 0.3) is 5.79 Å². The lowest BCUT2D eigenvalue weighted by molar-refractivity contribution is -0.0712. The molecule has 0 aliphatic carbocycles. The topological polar surface area (TPSA) is 115 Å². The van der Waals surface area contributed by atoms with Crippen LogP contribution in [0.3, 0.4) is 0 Å². The van der Waals surface area contributed by atoms with Gasteiger partial charge in [-0.15, -0.1) is 0 Å². The van der Waals surface area contributed by atoms with Gasteiger partial charge in [-0.2, -0.15) is 0 Å². The number of benzene rings is 3. The highest BCUT2D eigenvalue weighted by atomic mass is 35.5. The minimum absolute atomic E-state index is 0.234. The summed E-state index contributed by atoms with van der Waals surface area (Å²) >= 11 is 5.97. The van der Waals surface area contributed by atoms with E-state index in [1.54, 1.807) is 37.3 Å². The molecule has 4 aromatic rings. The van der Waals surface area contributed by atoms with Crippen molar-refractivity contribution in [2.45, 2.75) is 51.0 Å². The summed E-state index contributed by atoms with van der Waals surface area (Å²) in [5.41, 5.74) is 8.57. The highest BCUT2D eigenvalue weighted by Gasteiger charge is 2.43. The summed E-state index contributed by atoms with van der Waals surface area (Å²) in [6.07, 6.45) is 3.86. The molecule has 0 spiro atoms. The van der Waals surface area contributed by atoms with Gasteiger partial charge in [0.2, 0.25) is 0 Å². The van der Waals surface area contributed by atoms with Gasteiger partial charge in [-0.05, 0) is 80.7 Å². The third-order valence-electron chi connectivity index (χ3n) is 8.27. The summed E-state index contributed by atoms with van der Waals surface area (Å²) in [7, 11) is 0. The average Bonchev–Trinajstić information content (AvgIpc) is 3.52. The number of carboxylic acid groups (broad SMARTS) is 1. The van der Waals surface area contributed by atoms with Crippen LogP contribution in [0.15, 0.2) is 59.6 Å². The number of imidazole rings is 1. The zero-order valence-corrected chi connectivity index (χ0v) is 24.6. The second kappa shape index (κ2) is 11.9. The minimum Gasteiger partial charge on any atom is -0.478 e. The van der Waals surface area contributed by atoms with Crippen molar-refractivity contribution in [2.24, 2.45) is 10.7 Å². The summed E-state index contributed by atoms with van der Waals surface area (Å²) in [6, 6.07) is 15.4. The number of nitrogens with two attached hydrogens (primary N) is 1. The van der Waals surface area contributed by atoms with E-state index in [1.807, 2.05) is 12.1 Å². The number of nitrogens with zero attached hydrogens (tertiary/aromatic N) is 4. The maximum atomic E-state index is 14.8. The Kier molecular flexibility index (Phi) is 7.98. The molecule has 3 aromatic carbocycles. The molecule has 1 aromatic heterocycles. The number of rotatable bonds is 9. The highest BCUT2D eigenvalue weighted by Crippen LogP contribution is 2.49. The number of hydrogen-bond acceptors (Lipinski definition) is 6. The van der Waals surface area contributed by atoms with Crippen molar-refractivity contribution in [3.05, 3.63) is 88.0 Å². The molecule has 1 saturated heterocycles. The van der Waals surface area contributed by atoms with Crippen molar-refractivity contribution in [3.8, 4) is 11.5 Å². The lowest BCUT2D eigenvalue weighted by Crippen LogP contribution is -2.34. The minimum atomic E-state index is -1.29. The fourth-order valence-corrected chi connectivity index (χ4v) is 6.27. The van der Waals surface area contributed by atoms with Gasteiger partial charge in [0, 0.05) is 30.6 Å². The molecule has 0 radical (unpaired) electrons. The number of aromatic carboxylic acids is 1. The Bertz CT molecular complexity index is 1700. The van der Waals surface area contributed by atoms with Crippen LogP contribution in [-0.2, 0) is 18.9 Å². The quantitative estimate of drug-likeness (QED) is 0.138. The Labute approximate surface area is 253 Å². The van der Waals surface area contributed by atoms with Gasteiger partial charge in [-0.25, -0.2) is 14.2 Å². The molecule has 224 valence electrons. The molecule has 3 heterocycles. The van der Waals surface area contributed by atoms with Crippen LogP contribution in [0.2, 0.25) is 5.02 Å². The Morgan fingerprint density at radius 2 is 2.02 bits per heavy atom. The zero-order chi connectivity index (χ0) is 30.1. The number of aromatic nitrogens is 2. The number of halogens is 2. The molecule has 1 unspecified atom stereocenters. The van der Waals surface area contributed by atoms with Gasteiger partial charge < -0.3 is 24.9 Å². The van der Waals surface area contributed by atoms with E-state index >= 15 is 0 Å². The van der Waals surface area contributed by atoms with Crippen LogP contribution in [0.25, 0.3) is 11.0 Å². The van der Waals surface area contributed by atoms with Gasteiger partial charge in [-0.3, -0.25) is 9.89 Å².